The second kappa shape index (κ2) is 9.86. The number of rotatable bonds is 5. The van der Waals surface area contributed by atoms with Gasteiger partial charge in [-0.15, -0.1) is 24.0 Å². The maximum atomic E-state index is 11.1. The van der Waals surface area contributed by atoms with E-state index in [4.69, 9.17) is 0 Å². The minimum atomic E-state index is -2.88. The predicted octanol–water partition coefficient (Wildman–Crippen LogP) is 1.98. The second-order valence-electron chi connectivity index (χ2n) is 6.07. The number of guanidine groups is 1. The van der Waals surface area contributed by atoms with Gasteiger partial charge in [0.2, 0.25) is 0 Å². The van der Waals surface area contributed by atoms with E-state index in [9.17, 15) is 8.42 Å². The van der Waals surface area contributed by atoms with Crippen LogP contribution in [0.15, 0.2) is 4.99 Å². The van der Waals surface area contributed by atoms with Crippen LogP contribution in [0.1, 0.15) is 33.6 Å². The van der Waals surface area contributed by atoms with E-state index in [-0.39, 0.29) is 29.7 Å². The zero-order valence-electron chi connectivity index (χ0n) is 13.6. The van der Waals surface area contributed by atoms with Crippen LogP contribution in [0.5, 0.6) is 0 Å². The second-order valence-corrected chi connectivity index (χ2v) is 8.33. The summed E-state index contributed by atoms with van der Waals surface area (Å²) in [6.45, 7) is 10.1. The summed E-state index contributed by atoms with van der Waals surface area (Å²) in [6.07, 6.45) is 3.13. The summed E-state index contributed by atoms with van der Waals surface area (Å²) < 4.78 is 22.2. The molecule has 2 atom stereocenters. The van der Waals surface area contributed by atoms with Gasteiger partial charge in [0, 0.05) is 32.4 Å². The molecule has 1 fully saturated rings. The van der Waals surface area contributed by atoms with Gasteiger partial charge >= 0.3 is 0 Å². The zero-order valence-corrected chi connectivity index (χ0v) is 16.8. The van der Waals surface area contributed by atoms with E-state index < -0.39 is 9.84 Å². The Bertz CT molecular complexity index is 416. The highest BCUT2D eigenvalue weighted by molar-refractivity contribution is 14.0. The lowest BCUT2D eigenvalue weighted by atomic mass is 9.92. The number of likely N-dealkylation sites (tertiary alicyclic amines) is 1. The molecule has 1 rings (SSSR count). The first-order chi connectivity index (χ1) is 9.31. The van der Waals surface area contributed by atoms with Gasteiger partial charge in [-0.3, -0.25) is 4.99 Å². The number of halogens is 1. The molecule has 21 heavy (non-hydrogen) atoms. The molecule has 1 heterocycles. The molecule has 0 spiro atoms. The van der Waals surface area contributed by atoms with E-state index in [1.54, 1.807) is 0 Å². The number of nitrogens with one attached hydrogen (secondary N) is 1. The van der Waals surface area contributed by atoms with Crippen LogP contribution in [0.3, 0.4) is 0 Å². The van der Waals surface area contributed by atoms with Gasteiger partial charge < -0.3 is 10.2 Å². The first-order valence-corrected chi connectivity index (χ1v) is 9.59. The molecule has 2 unspecified atom stereocenters. The molecular weight excluding hydrogens is 401 g/mol. The molecule has 1 saturated heterocycles. The van der Waals surface area contributed by atoms with Crippen LogP contribution in [0.25, 0.3) is 0 Å². The van der Waals surface area contributed by atoms with Gasteiger partial charge in [-0.1, -0.05) is 13.8 Å². The summed E-state index contributed by atoms with van der Waals surface area (Å²) in [7, 11) is -2.88. The Labute approximate surface area is 146 Å². The number of aliphatic imine (C=N–C) groups is 1. The highest BCUT2D eigenvalue weighted by atomic mass is 127. The predicted molar refractivity (Wildman–Crippen MR) is 100 cm³/mol. The number of nitrogens with zero attached hydrogens (tertiary/aromatic N) is 2. The Hall–Kier alpha value is -0.0500. The van der Waals surface area contributed by atoms with E-state index >= 15 is 0 Å². The van der Waals surface area contributed by atoms with Crippen LogP contribution in [0, 0.1) is 11.8 Å². The Morgan fingerprint density at radius 3 is 2.33 bits per heavy atom. The summed E-state index contributed by atoms with van der Waals surface area (Å²) in [5, 5.41) is 3.32. The van der Waals surface area contributed by atoms with Gasteiger partial charge in [0.1, 0.15) is 9.84 Å². The first-order valence-electron chi connectivity index (χ1n) is 7.52. The quantitative estimate of drug-likeness (QED) is 0.313. The molecule has 0 bridgehead atoms. The molecule has 1 aliphatic rings. The van der Waals surface area contributed by atoms with Crippen molar-refractivity contribution in [3.8, 4) is 0 Å². The van der Waals surface area contributed by atoms with E-state index in [0.717, 1.165) is 25.6 Å². The SMILES string of the molecule is CCNC(=NCCCS(C)(=O)=O)N1CC(C)CC(C)C1.I. The normalized spacial score (nSPS) is 23.6. The number of sulfone groups is 1. The smallest absolute Gasteiger partial charge is 0.193 e. The van der Waals surface area contributed by atoms with Crippen molar-refractivity contribution >= 4 is 39.8 Å². The van der Waals surface area contributed by atoms with E-state index in [0.29, 0.717) is 24.8 Å². The maximum absolute atomic E-state index is 11.1. The van der Waals surface area contributed by atoms with Gasteiger partial charge in [0.25, 0.3) is 0 Å². The molecule has 0 amide bonds. The summed E-state index contributed by atoms with van der Waals surface area (Å²) in [6, 6.07) is 0. The summed E-state index contributed by atoms with van der Waals surface area (Å²) in [5.41, 5.74) is 0. The minimum Gasteiger partial charge on any atom is -0.357 e. The van der Waals surface area contributed by atoms with Crippen LogP contribution >= 0.6 is 24.0 Å². The monoisotopic (exact) mass is 431 g/mol. The van der Waals surface area contributed by atoms with E-state index in [1.165, 1.54) is 12.7 Å². The van der Waals surface area contributed by atoms with Crippen molar-refractivity contribution in [2.24, 2.45) is 16.8 Å². The van der Waals surface area contributed by atoms with Crippen molar-refractivity contribution in [1.82, 2.24) is 10.2 Å². The Morgan fingerprint density at radius 1 is 1.29 bits per heavy atom. The van der Waals surface area contributed by atoms with Crippen molar-refractivity contribution in [3.05, 3.63) is 0 Å². The molecule has 1 aliphatic heterocycles. The fourth-order valence-corrected chi connectivity index (χ4v) is 3.43. The van der Waals surface area contributed by atoms with E-state index in [1.807, 2.05) is 0 Å². The fraction of sp³-hybridized carbons (Fsp3) is 0.929. The fourth-order valence-electron chi connectivity index (χ4n) is 2.77. The van der Waals surface area contributed by atoms with Crippen LogP contribution in [0.2, 0.25) is 0 Å². The van der Waals surface area contributed by atoms with Crippen LogP contribution < -0.4 is 5.32 Å². The zero-order chi connectivity index (χ0) is 15.2. The average molecular weight is 431 g/mol. The van der Waals surface area contributed by atoms with Gasteiger partial charge in [-0.05, 0) is 31.6 Å². The van der Waals surface area contributed by atoms with Crippen molar-refractivity contribution in [3.63, 3.8) is 0 Å². The summed E-state index contributed by atoms with van der Waals surface area (Å²) in [4.78, 5) is 6.88. The van der Waals surface area contributed by atoms with Gasteiger partial charge in [-0.25, -0.2) is 8.42 Å². The van der Waals surface area contributed by atoms with Crippen molar-refractivity contribution < 1.29 is 8.42 Å². The summed E-state index contributed by atoms with van der Waals surface area (Å²) >= 11 is 0. The third-order valence-corrected chi connectivity index (χ3v) is 4.47. The molecule has 0 aromatic rings. The van der Waals surface area contributed by atoms with Gasteiger partial charge in [0.05, 0.1) is 5.75 Å². The molecule has 1 N–H and O–H groups in total. The summed E-state index contributed by atoms with van der Waals surface area (Å²) in [5.74, 6) is 2.50. The number of hydrogen-bond donors (Lipinski definition) is 1. The maximum Gasteiger partial charge on any atom is 0.193 e. The molecule has 0 radical (unpaired) electrons. The standard InChI is InChI=1S/C14H29N3O2S.HI/c1-5-15-14(16-7-6-8-20(4,18)19)17-10-12(2)9-13(3)11-17;/h12-13H,5-11H2,1-4H3,(H,15,16);1H. The Morgan fingerprint density at radius 2 is 1.86 bits per heavy atom. The molecule has 0 aliphatic carbocycles. The number of piperidine rings is 1. The van der Waals surface area contributed by atoms with Crippen molar-refractivity contribution in [2.45, 2.75) is 33.6 Å². The topological polar surface area (TPSA) is 61.8 Å². The lowest BCUT2D eigenvalue weighted by molar-refractivity contribution is 0.208. The van der Waals surface area contributed by atoms with E-state index in [2.05, 4.69) is 36.0 Å². The van der Waals surface area contributed by atoms with Crippen LogP contribution in [-0.2, 0) is 9.84 Å². The Kier molecular flexibility index (Phi) is 9.84. The Balaban J connectivity index is 0.00000400. The minimum absolute atomic E-state index is 0. The van der Waals surface area contributed by atoms with Gasteiger partial charge in [0.15, 0.2) is 5.96 Å². The van der Waals surface area contributed by atoms with Crippen LogP contribution in [-0.4, -0.2) is 57.5 Å². The number of hydrogen-bond acceptors (Lipinski definition) is 3. The third kappa shape index (κ3) is 8.85. The molecule has 7 heteroatoms. The molecular formula is C14H30IN3O2S. The van der Waals surface area contributed by atoms with Gasteiger partial charge in [-0.2, -0.15) is 0 Å². The average Bonchev–Trinajstić information content (AvgIpc) is 2.30. The highest BCUT2D eigenvalue weighted by Gasteiger charge is 2.23. The molecule has 0 aromatic carbocycles. The third-order valence-electron chi connectivity index (χ3n) is 3.44. The molecule has 5 nitrogen and oxygen atoms in total. The van der Waals surface area contributed by atoms with Crippen molar-refractivity contribution in [1.29, 1.82) is 0 Å². The molecule has 0 aromatic heterocycles. The van der Waals surface area contributed by atoms with Crippen molar-refractivity contribution in [2.75, 3.05) is 38.2 Å². The first kappa shape index (κ1) is 20.9. The largest absolute Gasteiger partial charge is 0.357 e. The van der Waals surface area contributed by atoms with Crippen LogP contribution in [0.4, 0.5) is 0 Å². The molecule has 0 saturated carbocycles. The lowest BCUT2D eigenvalue weighted by Crippen LogP contribution is -2.48. The lowest BCUT2D eigenvalue weighted by Gasteiger charge is -2.37. The highest BCUT2D eigenvalue weighted by Crippen LogP contribution is 2.20. The molecule has 126 valence electrons.